The van der Waals surface area contributed by atoms with E-state index in [-0.39, 0.29) is 0 Å². The zero-order valence-electron chi connectivity index (χ0n) is 9.69. The highest BCUT2D eigenvalue weighted by Gasteiger charge is 2.12. The average Bonchev–Trinajstić information content (AvgIpc) is 2.96. The summed E-state index contributed by atoms with van der Waals surface area (Å²) in [6.45, 7) is 4.66. The van der Waals surface area contributed by atoms with E-state index in [1.54, 1.807) is 0 Å². The molecule has 0 atom stereocenters. The molecule has 0 aliphatic carbocycles. The van der Waals surface area contributed by atoms with E-state index < -0.39 is 0 Å². The van der Waals surface area contributed by atoms with E-state index in [9.17, 15) is 4.79 Å². The van der Waals surface area contributed by atoms with Crippen LogP contribution in [0.5, 0.6) is 0 Å². The van der Waals surface area contributed by atoms with Crippen molar-refractivity contribution >= 4 is 23.3 Å². The van der Waals surface area contributed by atoms with Crippen LogP contribution in [0.2, 0.25) is 0 Å². The summed E-state index contributed by atoms with van der Waals surface area (Å²) in [5, 5.41) is 2.05. The molecule has 3 nitrogen and oxygen atoms in total. The van der Waals surface area contributed by atoms with Gasteiger partial charge in [0.25, 0.3) is 0 Å². The van der Waals surface area contributed by atoms with E-state index in [1.807, 2.05) is 11.4 Å². The van der Waals surface area contributed by atoms with E-state index in [4.69, 9.17) is 0 Å². The SMILES string of the molecule is CN(CCN1CCCC1)c1csc(C=O)c1. The molecular formula is C12H18N2OS. The molecule has 1 aromatic heterocycles. The molecule has 0 unspecified atom stereocenters. The zero-order valence-corrected chi connectivity index (χ0v) is 10.5. The second kappa shape index (κ2) is 5.46. The second-order valence-electron chi connectivity index (χ2n) is 4.30. The third-order valence-electron chi connectivity index (χ3n) is 3.11. The van der Waals surface area contributed by atoms with Gasteiger partial charge in [-0.25, -0.2) is 0 Å². The maximum absolute atomic E-state index is 10.6. The Labute approximate surface area is 101 Å². The first-order chi connectivity index (χ1) is 7.79. The Balaban J connectivity index is 1.82. The van der Waals surface area contributed by atoms with Gasteiger partial charge >= 0.3 is 0 Å². The maximum Gasteiger partial charge on any atom is 0.160 e. The molecule has 0 aromatic carbocycles. The van der Waals surface area contributed by atoms with Gasteiger partial charge in [-0.3, -0.25) is 4.79 Å². The number of carbonyl (C=O) groups is 1. The molecule has 0 N–H and O–H groups in total. The Morgan fingerprint density at radius 3 is 2.88 bits per heavy atom. The lowest BCUT2D eigenvalue weighted by Crippen LogP contribution is -2.31. The number of carbonyl (C=O) groups excluding carboxylic acids is 1. The predicted molar refractivity (Wildman–Crippen MR) is 68.7 cm³/mol. The molecular weight excluding hydrogens is 220 g/mol. The smallest absolute Gasteiger partial charge is 0.160 e. The molecule has 1 aromatic rings. The van der Waals surface area contributed by atoms with Crippen molar-refractivity contribution in [3.05, 3.63) is 16.3 Å². The van der Waals surface area contributed by atoms with E-state index >= 15 is 0 Å². The first kappa shape index (κ1) is 11.6. The third kappa shape index (κ3) is 2.83. The number of likely N-dealkylation sites (N-methyl/N-ethyl adjacent to an activating group) is 1. The van der Waals surface area contributed by atoms with Crippen molar-refractivity contribution in [2.24, 2.45) is 0 Å². The molecule has 0 radical (unpaired) electrons. The average molecular weight is 238 g/mol. The van der Waals surface area contributed by atoms with Crippen LogP contribution in [-0.2, 0) is 0 Å². The van der Waals surface area contributed by atoms with Crippen LogP contribution in [0.1, 0.15) is 22.5 Å². The first-order valence-corrected chi connectivity index (χ1v) is 6.65. The van der Waals surface area contributed by atoms with Gasteiger partial charge in [0.15, 0.2) is 6.29 Å². The standard InChI is InChI=1S/C12H18N2OS/c1-13(6-7-14-4-2-3-5-14)11-8-12(9-15)16-10-11/h8-10H,2-7H2,1H3. The molecule has 4 heteroatoms. The summed E-state index contributed by atoms with van der Waals surface area (Å²) in [6, 6.07) is 1.96. The van der Waals surface area contributed by atoms with Crippen molar-refractivity contribution in [2.75, 3.05) is 38.1 Å². The minimum atomic E-state index is 0.808. The molecule has 0 bridgehead atoms. The van der Waals surface area contributed by atoms with Gasteiger partial charge in [-0.05, 0) is 32.0 Å². The molecule has 0 amide bonds. The number of anilines is 1. The van der Waals surface area contributed by atoms with Gasteiger partial charge in [0.2, 0.25) is 0 Å². The van der Waals surface area contributed by atoms with Crippen LogP contribution < -0.4 is 4.90 Å². The van der Waals surface area contributed by atoms with Crippen molar-refractivity contribution < 1.29 is 4.79 Å². The van der Waals surface area contributed by atoms with Gasteiger partial charge in [0.1, 0.15) is 0 Å². The highest BCUT2D eigenvalue weighted by atomic mass is 32.1. The molecule has 88 valence electrons. The molecule has 1 aliphatic heterocycles. The Morgan fingerprint density at radius 1 is 1.50 bits per heavy atom. The highest BCUT2D eigenvalue weighted by molar-refractivity contribution is 7.12. The van der Waals surface area contributed by atoms with Crippen LogP contribution in [0.4, 0.5) is 5.69 Å². The summed E-state index contributed by atoms with van der Waals surface area (Å²) in [4.78, 5) is 16.1. The predicted octanol–water partition coefficient (Wildman–Crippen LogP) is 2.09. The van der Waals surface area contributed by atoms with Crippen LogP contribution in [0.3, 0.4) is 0 Å². The van der Waals surface area contributed by atoms with E-state index in [1.165, 1.54) is 37.3 Å². The minimum absolute atomic E-state index is 0.808. The van der Waals surface area contributed by atoms with Crippen molar-refractivity contribution in [3.8, 4) is 0 Å². The van der Waals surface area contributed by atoms with Gasteiger partial charge < -0.3 is 9.80 Å². The summed E-state index contributed by atoms with van der Waals surface area (Å²) in [6.07, 6.45) is 3.61. The number of hydrogen-bond acceptors (Lipinski definition) is 4. The number of thiophene rings is 1. The highest BCUT2D eigenvalue weighted by Crippen LogP contribution is 2.20. The van der Waals surface area contributed by atoms with Crippen LogP contribution in [0.25, 0.3) is 0 Å². The fourth-order valence-corrected chi connectivity index (χ4v) is 2.78. The molecule has 1 saturated heterocycles. The van der Waals surface area contributed by atoms with Crippen molar-refractivity contribution in [3.63, 3.8) is 0 Å². The summed E-state index contributed by atoms with van der Waals surface area (Å²) in [5.41, 5.74) is 1.16. The molecule has 16 heavy (non-hydrogen) atoms. The van der Waals surface area contributed by atoms with Crippen LogP contribution >= 0.6 is 11.3 Å². The number of hydrogen-bond donors (Lipinski definition) is 0. The lowest BCUT2D eigenvalue weighted by Gasteiger charge is -2.21. The molecule has 1 aliphatic rings. The number of aldehydes is 1. The number of likely N-dealkylation sites (tertiary alicyclic amines) is 1. The molecule has 0 saturated carbocycles. The van der Waals surface area contributed by atoms with Crippen molar-refractivity contribution in [1.29, 1.82) is 0 Å². The summed E-state index contributed by atoms with van der Waals surface area (Å²) in [5.74, 6) is 0. The van der Waals surface area contributed by atoms with Gasteiger partial charge in [-0.1, -0.05) is 0 Å². The van der Waals surface area contributed by atoms with Crippen LogP contribution in [-0.4, -0.2) is 44.4 Å². The number of nitrogens with zero attached hydrogens (tertiary/aromatic N) is 2. The summed E-state index contributed by atoms with van der Waals surface area (Å²) in [7, 11) is 2.09. The lowest BCUT2D eigenvalue weighted by atomic mass is 10.4. The monoisotopic (exact) mass is 238 g/mol. The van der Waals surface area contributed by atoms with E-state index in [2.05, 4.69) is 16.8 Å². The second-order valence-corrected chi connectivity index (χ2v) is 5.24. The normalized spacial score (nSPS) is 16.6. The Morgan fingerprint density at radius 2 is 2.25 bits per heavy atom. The van der Waals surface area contributed by atoms with Crippen LogP contribution in [0, 0.1) is 0 Å². The van der Waals surface area contributed by atoms with Gasteiger partial charge in [-0.2, -0.15) is 0 Å². The van der Waals surface area contributed by atoms with Crippen molar-refractivity contribution in [1.82, 2.24) is 4.90 Å². The zero-order chi connectivity index (χ0) is 11.4. The summed E-state index contributed by atoms with van der Waals surface area (Å²) < 4.78 is 0. The lowest BCUT2D eigenvalue weighted by molar-refractivity contribution is 0.112. The molecule has 2 heterocycles. The number of rotatable bonds is 5. The topological polar surface area (TPSA) is 23.6 Å². The Hall–Kier alpha value is -0.870. The Kier molecular flexibility index (Phi) is 3.96. The third-order valence-corrected chi connectivity index (χ3v) is 3.96. The van der Waals surface area contributed by atoms with Gasteiger partial charge in [0.05, 0.1) is 4.88 Å². The fraction of sp³-hybridized carbons (Fsp3) is 0.583. The van der Waals surface area contributed by atoms with Gasteiger partial charge in [-0.15, -0.1) is 11.3 Å². The largest absolute Gasteiger partial charge is 0.373 e. The quantitative estimate of drug-likeness (QED) is 0.734. The Bertz CT molecular complexity index is 345. The molecule has 2 rings (SSSR count). The van der Waals surface area contributed by atoms with E-state index in [0.29, 0.717) is 0 Å². The molecule has 0 spiro atoms. The maximum atomic E-state index is 10.6. The van der Waals surface area contributed by atoms with E-state index in [0.717, 1.165) is 29.9 Å². The minimum Gasteiger partial charge on any atom is -0.373 e. The van der Waals surface area contributed by atoms with Gasteiger partial charge in [0, 0.05) is 31.2 Å². The van der Waals surface area contributed by atoms with Crippen molar-refractivity contribution in [2.45, 2.75) is 12.8 Å². The summed E-state index contributed by atoms with van der Waals surface area (Å²) >= 11 is 1.51. The first-order valence-electron chi connectivity index (χ1n) is 5.77. The molecule has 1 fully saturated rings. The van der Waals surface area contributed by atoms with Crippen LogP contribution in [0.15, 0.2) is 11.4 Å². The fourth-order valence-electron chi connectivity index (χ4n) is 2.03.